The minimum absolute atomic E-state index is 0.0232. The van der Waals surface area contributed by atoms with E-state index in [0.29, 0.717) is 11.8 Å². The Morgan fingerprint density at radius 1 is 1.38 bits per heavy atom. The Bertz CT molecular complexity index is 191. The molecule has 76 valence electrons. The van der Waals surface area contributed by atoms with Crippen LogP contribution in [0, 0.1) is 11.8 Å². The van der Waals surface area contributed by atoms with Crippen LogP contribution in [0.3, 0.4) is 0 Å². The standard InChI is InChI=1S/C10H18O3/c1-6-5-12-8(3)10(7(6)2)13-9(4)11/h6-8,10H,5H2,1-4H3/t6-,7+,8+,10-/m1/s1. The predicted molar refractivity (Wildman–Crippen MR) is 49.3 cm³/mol. The van der Waals surface area contributed by atoms with Gasteiger partial charge in [0.15, 0.2) is 0 Å². The SMILES string of the molecule is CC(=O)O[C@@H]1[C@@H](C)[C@H](C)CO[C@H]1C. The predicted octanol–water partition coefficient (Wildman–Crippen LogP) is 1.61. The molecule has 1 saturated heterocycles. The lowest BCUT2D eigenvalue weighted by molar-refractivity contribution is -0.173. The van der Waals surface area contributed by atoms with Gasteiger partial charge in [-0.05, 0) is 12.8 Å². The molecule has 0 spiro atoms. The van der Waals surface area contributed by atoms with E-state index in [1.54, 1.807) is 0 Å². The smallest absolute Gasteiger partial charge is 0.303 e. The van der Waals surface area contributed by atoms with Crippen LogP contribution >= 0.6 is 0 Å². The maximum atomic E-state index is 10.8. The van der Waals surface area contributed by atoms with E-state index >= 15 is 0 Å². The molecule has 0 aromatic carbocycles. The van der Waals surface area contributed by atoms with Crippen molar-refractivity contribution in [1.29, 1.82) is 0 Å². The highest BCUT2D eigenvalue weighted by molar-refractivity contribution is 5.66. The zero-order valence-electron chi connectivity index (χ0n) is 8.74. The van der Waals surface area contributed by atoms with E-state index in [-0.39, 0.29) is 18.2 Å². The first-order valence-electron chi connectivity index (χ1n) is 4.81. The Kier molecular flexibility index (Phi) is 3.31. The Balaban J connectivity index is 2.60. The number of rotatable bonds is 1. The van der Waals surface area contributed by atoms with Gasteiger partial charge in [-0.1, -0.05) is 13.8 Å². The zero-order chi connectivity index (χ0) is 10.0. The van der Waals surface area contributed by atoms with E-state index in [1.807, 2.05) is 6.92 Å². The summed E-state index contributed by atoms with van der Waals surface area (Å²) >= 11 is 0. The van der Waals surface area contributed by atoms with Crippen LogP contribution in [0.2, 0.25) is 0 Å². The van der Waals surface area contributed by atoms with Gasteiger partial charge in [-0.2, -0.15) is 0 Å². The molecule has 1 aliphatic heterocycles. The van der Waals surface area contributed by atoms with Gasteiger partial charge in [0.1, 0.15) is 6.10 Å². The van der Waals surface area contributed by atoms with Gasteiger partial charge in [-0.25, -0.2) is 0 Å². The minimum atomic E-state index is -0.221. The van der Waals surface area contributed by atoms with Crippen LogP contribution in [0.25, 0.3) is 0 Å². The van der Waals surface area contributed by atoms with Gasteiger partial charge in [0.05, 0.1) is 12.7 Å². The van der Waals surface area contributed by atoms with Gasteiger partial charge in [0.25, 0.3) is 0 Å². The van der Waals surface area contributed by atoms with Crippen LogP contribution in [0.15, 0.2) is 0 Å². The van der Waals surface area contributed by atoms with Crippen molar-refractivity contribution in [2.24, 2.45) is 11.8 Å². The maximum Gasteiger partial charge on any atom is 0.303 e. The van der Waals surface area contributed by atoms with Crippen molar-refractivity contribution in [2.45, 2.75) is 39.9 Å². The summed E-state index contributed by atoms with van der Waals surface area (Å²) in [5.74, 6) is 0.620. The summed E-state index contributed by atoms with van der Waals surface area (Å²) in [7, 11) is 0. The Morgan fingerprint density at radius 3 is 2.54 bits per heavy atom. The molecule has 0 aliphatic carbocycles. The number of ether oxygens (including phenoxy) is 2. The topological polar surface area (TPSA) is 35.5 Å². The fourth-order valence-corrected chi connectivity index (χ4v) is 1.70. The highest BCUT2D eigenvalue weighted by Crippen LogP contribution is 2.27. The summed E-state index contributed by atoms with van der Waals surface area (Å²) in [5, 5.41) is 0. The van der Waals surface area contributed by atoms with E-state index in [2.05, 4.69) is 13.8 Å². The average Bonchev–Trinajstić information content (AvgIpc) is 2.05. The molecule has 1 fully saturated rings. The minimum Gasteiger partial charge on any atom is -0.460 e. The molecule has 3 nitrogen and oxygen atoms in total. The fourth-order valence-electron chi connectivity index (χ4n) is 1.70. The molecule has 1 rings (SSSR count). The van der Waals surface area contributed by atoms with Gasteiger partial charge in [-0.3, -0.25) is 4.79 Å². The molecule has 13 heavy (non-hydrogen) atoms. The van der Waals surface area contributed by atoms with Crippen molar-refractivity contribution in [3.63, 3.8) is 0 Å². The van der Waals surface area contributed by atoms with Gasteiger partial charge in [-0.15, -0.1) is 0 Å². The molecular weight excluding hydrogens is 168 g/mol. The van der Waals surface area contributed by atoms with Gasteiger partial charge < -0.3 is 9.47 Å². The summed E-state index contributed by atoms with van der Waals surface area (Å²) in [4.78, 5) is 10.8. The van der Waals surface area contributed by atoms with Crippen LogP contribution in [0.1, 0.15) is 27.7 Å². The Labute approximate surface area is 79.4 Å². The maximum absolute atomic E-state index is 10.8. The Hall–Kier alpha value is -0.570. The summed E-state index contributed by atoms with van der Waals surface area (Å²) in [5.41, 5.74) is 0. The molecule has 0 radical (unpaired) electrons. The highest BCUT2D eigenvalue weighted by atomic mass is 16.6. The van der Waals surface area contributed by atoms with Crippen molar-refractivity contribution in [1.82, 2.24) is 0 Å². The third-order valence-corrected chi connectivity index (χ3v) is 2.80. The zero-order valence-corrected chi connectivity index (χ0v) is 8.74. The number of carbonyl (C=O) groups is 1. The van der Waals surface area contributed by atoms with Crippen molar-refractivity contribution in [2.75, 3.05) is 6.61 Å². The molecule has 1 aliphatic rings. The van der Waals surface area contributed by atoms with Gasteiger partial charge >= 0.3 is 5.97 Å². The van der Waals surface area contributed by atoms with E-state index in [0.717, 1.165) is 6.61 Å². The van der Waals surface area contributed by atoms with Crippen molar-refractivity contribution < 1.29 is 14.3 Å². The molecule has 0 bridgehead atoms. The third-order valence-electron chi connectivity index (χ3n) is 2.80. The molecule has 0 amide bonds. The lowest BCUT2D eigenvalue weighted by atomic mass is 9.86. The van der Waals surface area contributed by atoms with Gasteiger partial charge in [0, 0.05) is 12.8 Å². The van der Waals surface area contributed by atoms with Crippen molar-refractivity contribution in [3.8, 4) is 0 Å². The van der Waals surface area contributed by atoms with E-state index in [4.69, 9.17) is 9.47 Å². The first kappa shape index (κ1) is 10.5. The molecule has 4 atom stereocenters. The van der Waals surface area contributed by atoms with Crippen molar-refractivity contribution in [3.05, 3.63) is 0 Å². The molecule has 3 heteroatoms. The molecule has 0 aromatic rings. The quantitative estimate of drug-likeness (QED) is 0.584. The van der Waals surface area contributed by atoms with Crippen LogP contribution in [0.4, 0.5) is 0 Å². The normalized spacial score (nSPS) is 40.0. The van der Waals surface area contributed by atoms with Crippen LogP contribution in [-0.2, 0) is 14.3 Å². The number of hydrogen-bond donors (Lipinski definition) is 0. The molecule has 0 saturated carbocycles. The molecule has 0 aromatic heterocycles. The Morgan fingerprint density at radius 2 is 2.00 bits per heavy atom. The summed E-state index contributed by atoms with van der Waals surface area (Å²) in [6.07, 6.45) is -0.0589. The summed E-state index contributed by atoms with van der Waals surface area (Å²) < 4.78 is 10.7. The van der Waals surface area contributed by atoms with Crippen LogP contribution < -0.4 is 0 Å². The number of hydrogen-bond acceptors (Lipinski definition) is 3. The van der Waals surface area contributed by atoms with Crippen molar-refractivity contribution >= 4 is 5.97 Å². The first-order valence-corrected chi connectivity index (χ1v) is 4.81. The average molecular weight is 186 g/mol. The molecule has 0 N–H and O–H groups in total. The van der Waals surface area contributed by atoms with E-state index in [1.165, 1.54) is 6.92 Å². The fraction of sp³-hybridized carbons (Fsp3) is 0.900. The second-order valence-corrected chi connectivity index (χ2v) is 3.95. The summed E-state index contributed by atoms with van der Waals surface area (Å²) in [6.45, 7) is 8.39. The number of carbonyl (C=O) groups excluding carboxylic acids is 1. The van der Waals surface area contributed by atoms with E-state index in [9.17, 15) is 4.79 Å². The third kappa shape index (κ3) is 2.44. The first-order chi connectivity index (χ1) is 6.02. The number of esters is 1. The van der Waals surface area contributed by atoms with Gasteiger partial charge in [0.2, 0.25) is 0 Å². The molecule has 0 unspecified atom stereocenters. The summed E-state index contributed by atoms with van der Waals surface area (Å²) in [6, 6.07) is 0. The van der Waals surface area contributed by atoms with Crippen LogP contribution in [-0.4, -0.2) is 24.8 Å². The van der Waals surface area contributed by atoms with Crippen LogP contribution in [0.5, 0.6) is 0 Å². The molecular formula is C10H18O3. The largest absolute Gasteiger partial charge is 0.460 e. The van der Waals surface area contributed by atoms with E-state index < -0.39 is 0 Å². The highest BCUT2D eigenvalue weighted by Gasteiger charge is 2.35. The lowest BCUT2D eigenvalue weighted by Crippen LogP contribution is -2.45. The lowest BCUT2D eigenvalue weighted by Gasteiger charge is -2.37. The molecule has 1 heterocycles. The second kappa shape index (κ2) is 4.09. The second-order valence-electron chi connectivity index (χ2n) is 3.95. The monoisotopic (exact) mass is 186 g/mol.